The van der Waals surface area contributed by atoms with Gasteiger partial charge >= 0.3 is 5.97 Å². The van der Waals surface area contributed by atoms with E-state index in [2.05, 4.69) is 10.3 Å². The number of aromatic nitrogens is 3. The molecule has 0 bridgehead atoms. The molecule has 8 nitrogen and oxygen atoms in total. The molecule has 1 heterocycles. The van der Waals surface area contributed by atoms with Crippen molar-refractivity contribution in [3.63, 3.8) is 0 Å². The van der Waals surface area contributed by atoms with Gasteiger partial charge in [0.25, 0.3) is 0 Å². The van der Waals surface area contributed by atoms with Crippen LogP contribution < -0.4 is 0 Å². The van der Waals surface area contributed by atoms with Crippen LogP contribution in [0.5, 0.6) is 5.75 Å². The zero-order valence-corrected chi connectivity index (χ0v) is 18.0. The number of allylic oxidation sites excluding steroid dienone is 2. The van der Waals surface area contributed by atoms with Crippen LogP contribution in [0, 0.1) is 0 Å². The molecule has 33 heavy (non-hydrogen) atoms. The molecule has 1 N–H and O–H groups in total. The number of carbonyl (C=O) groups excluding carboxylic acids is 3. The van der Waals surface area contributed by atoms with E-state index in [1.54, 1.807) is 37.4 Å². The molecule has 0 unspecified atom stereocenters. The Morgan fingerprint density at radius 1 is 1.00 bits per heavy atom. The van der Waals surface area contributed by atoms with E-state index in [4.69, 9.17) is 4.74 Å². The molecular weight excluding hydrogens is 422 g/mol. The summed E-state index contributed by atoms with van der Waals surface area (Å²) in [5, 5.41) is 17.3. The Morgan fingerprint density at radius 2 is 1.70 bits per heavy atom. The molecule has 168 valence electrons. The van der Waals surface area contributed by atoms with E-state index < -0.39 is 5.97 Å². The Balaban J connectivity index is 1.64. The van der Waals surface area contributed by atoms with Crippen LogP contribution >= 0.6 is 0 Å². The Morgan fingerprint density at radius 3 is 2.42 bits per heavy atom. The number of ketones is 2. The summed E-state index contributed by atoms with van der Waals surface area (Å²) in [4.78, 5) is 36.0. The van der Waals surface area contributed by atoms with Gasteiger partial charge in [-0.1, -0.05) is 53.8 Å². The Hall–Kier alpha value is -4.33. The third-order valence-electron chi connectivity index (χ3n) is 4.52. The second kappa shape index (κ2) is 11.3. The van der Waals surface area contributed by atoms with E-state index in [1.165, 1.54) is 29.0 Å². The van der Waals surface area contributed by atoms with Gasteiger partial charge in [-0.15, -0.1) is 5.10 Å². The predicted octanol–water partition coefficient (Wildman–Crippen LogP) is 3.47. The smallest absolute Gasteiger partial charge is 0.327 e. The van der Waals surface area contributed by atoms with Crippen molar-refractivity contribution in [3.05, 3.63) is 78.0 Å². The van der Waals surface area contributed by atoms with Gasteiger partial charge in [0.15, 0.2) is 11.6 Å². The molecule has 3 rings (SSSR count). The fourth-order valence-corrected chi connectivity index (χ4v) is 2.96. The summed E-state index contributed by atoms with van der Waals surface area (Å²) >= 11 is 0. The molecule has 2 aromatic carbocycles. The first-order valence-electron chi connectivity index (χ1n) is 10.3. The van der Waals surface area contributed by atoms with Gasteiger partial charge in [0.1, 0.15) is 18.0 Å². The van der Waals surface area contributed by atoms with Crippen molar-refractivity contribution in [1.29, 1.82) is 0 Å². The molecule has 0 fully saturated rings. The Labute approximate surface area is 190 Å². The second-order valence-corrected chi connectivity index (χ2v) is 7.06. The molecular formula is C25H23N3O5. The molecule has 3 aromatic rings. The molecule has 0 saturated heterocycles. The van der Waals surface area contributed by atoms with Crippen molar-refractivity contribution >= 4 is 29.7 Å². The van der Waals surface area contributed by atoms with Gasteiger partial charge in [-0.25, -0.2) is 4.68 Å². The van der Waals surface area contributed by atoms with Gasteiger partial charge in [0, 0.05) is 5.56 Å². The number of phenols is 1. The number of carbonyl (C=O) groups is 3. The highest BCUT2D eigenvalue weighted by molar-refractivity contribution is 6.11. The number of hydrogen-bond acceptors (Lipinski definition) is 7. The largest absolute Gasteiger partial charge is 0.508 e. The van der Waals surface area contributed by atoms with Crippen molar-refractivity contribution in [1.82, 2.24) is 15.0 Å². The normalized spacial score (nSPS) is 11.2. The lowest BCUT2D eigenvalue weighted by Crippen LogP contribution is -2.13. The minimum absolute atomic E-state index is 0.0445. The van der Waals surface area contributed by atoms with Gasteiger partial charge in [-0.05, 0) is 42.3 Å². The third-order valence-corrected chi connectivity index (χ3v) is 4.52. The minimum atomic E-state index is -0.406. The minimum Gasteiger partial charge on any atom is -0.508 e. The van der Waals surface area contributed by atoms with E-state index in [0.717, 1.165) is 16.7 Å². The summed E-state index contributed by atoms with van der Waals surface area (Å²) in [6.45, 7) is 1.97. The average Bonchev–Trinajstić information content (AvgIpc) is 3.26. The molecule has 0 aliphatic carbocycles. The van der Waals surface area contributed by atoms with E-state index in [0.29, 0.717) is 5.69 Å². The highest BCUT2D eigenvalue weighted by atomic mass is 16.5. The first kappa shape index (κ1) is 23.3. The molecule has 0 aliphatic rings. The zero-order valence-electron chi connectivity index (χ0n) is 18.0. The number of ether oxygens (including phenoxy) is 1. The van der Waals surface area contributed by atoms with Crippen LogP contribution in [-0.2, 0) is 25.7 Å². The van der Waals surface area contributed by atoms with Gasteiger partial charge in [-0.3, -0.25) is 14.4 Å². The van der Waals surface area contributed by atoms with Gasteiger partial charge in [0.2, 0.25) is 0 Å². The highest BCUT2D eigenvalue weighted by Gasteiger charge is 2.11. The molecule has 0 saturated carbocycles. The predicted molar refractivity (Wildman–Crippen MR) is 123 cm³/mol. The summed E-state index contributed by atoms with van der Waals surface area (Å²) in [6.07, 6.45) is 7.28. The van der Waals surface area contributed by atoms with E-state index in [1.807, 2.05) is 24.3 Å². The SMILES string of the molecule is CCOC(=O)Cn1cc(-c2ccccc2/C=C/C(=O)CC(=O)/C=C/c2ccc(O)cc2)nn1. The van der Waals surface area contributed by atoms with Crippen LogP contribution in [0.25, 0.3) is 23.4 Å². The lowest BCUT2D eigenvalue weighted by Gasteiger charge is -2.02. The van der Waals surface area contributed by atoms with Crippen molar-refractivity contribution < 1.29 is 24.2 Å². The van der Waals surface area contributed by atoms with Crippen LogP contribution in [0.4, 0.5) is 0 Å². The molecule has 0 spiro atoms. The second-order valence-electron chi connectivity index (χ2n) is 7.06. The highest BCUT2D eigenvalue weighted by Crippen LogP contribution is 2.22. The van der Waals surface area contributed by atoms with Gasteiger partial charge in [0.05, 0.1) is 19.2 Å². The summed E-state index contributed by atoms with van der Waals surface area (Å²) in [7, 11) is 0. The zero-order chi connectivity index (χ0) is 23.6. The maximum Gasteiger partial charge on any atom is 0.327 e. The summed E-state index contributed by atoms with van der Waals surface area (Å²) in [5.41, 5.74) is 2.74. The first-order chi connectivity index (χ1) is 15.9. The van der Waals surface area contributed by atoms with Gasteiger partial charge < -0.3 is 9.84 Å². The topological polar surface area (TPSA) is 111 Å². The van der Waals surface area contributed by atoms with Crippen LogP contribution in [0.1, 0.15) is 24.5 Å². The number of aromatic hydroxyl groups is 1. The Bertz CT molecular complexity index is 1190. The lowest BCUT2D eigenvalue weighted by molar-refractivity contribution is -0.144. The molecule has 0 amide bonds. The molecule has 8 heteroatoms. The van der Waals surface area contributed by atoms with Crippen molar-refractivity contribution in [2.45, 2.75) is 19.9 Å². The fraction of sp³-hybridized carbons (Fsp3) is 0.160. The number of benzene rings is 2. The third kappa shape index (κ3) is 7.10. The maximum absolute atomic E-state index is 12.3. The number of nitrogens with zero attached hydrogens (tertiary/aromatic N) is 3. The van der Waals surface area contributed by atoms with Crippen LogP contribution in [0.15, 0.2) is 66.9 Å². The van der Waals surface area contributed by atoms with Crippen LogP contribution in [-0.4, -0.2) is 44.2 Å². The molecule has 0 atom stereocenters. The number of rotatable bonds is 10. The summed E-state index contributed by atoms with van der Waals surface area (Å²) < 4.78 is 6.30. The number of hydrogen-bond donors (Lipinski definition) is 1. The first-order valence-corrected chi connectivity index (χ1v) is 10.3. The fourth-order valence-electron chi connectivity index (χ4n) is 2.96. The van der Waals surface area contributed by atoms with Crippen molar-refractivity contribution in [2.75, 3.05) is 6.61 Å². The summed E-state index contributed by atoms with van der Waals surface area (Å²) in [5.74, 6) is -0.929. The van der Waals surface area contributed by atoms with E-state index in [-0.39, 0.29) is 36.9 Å². The van der Waals surface area contributed by atoms with Crippen LogP contribution in [0.2, 0.25) is 0 Å². The van der Waals surface area contributed by atoms with E-state index in [9.17, 15) is 19.5 Å². The van der Waals surface area contributed by atoms with Crippen molar-refractivity contribution in [2.24, 2.45) is 0 Å². The number of esters is 1. The Kier molecular flexibility index (Phi) is 8.02. The van der Waals surface area contributed by atoms with Crippen molar-refractivity contribution in [3.8, 4) is 17.0 Å². The van der Waals surface area contributed by atoms with E-state index >= 15 is 0 Å². The maximum atomic E-state index is 12.3. The molecule has 1 aromatic heterocycles. The molecule has 0 aliphatic heterocycles. The quantitative estimate of drug-likeness (QED) is 0.289. The number of phenolic OH excluding ortho intramolecular Hbond substituents is 1. The van der Waals surface area contributed by atoms with Gasteiger partial charge in [-0.2, -0.15) is 0 Å². The standard InChI is InChI=1S/C25H23N3O5/c1-2-33-25(32)17-28-16-24(26-27-28)23-6-4-3-5-19(23)10-14-22(31)15-21(30)13-9-18-7-11-20(29)12-8-18/h3-14,16,29H,2,15,17H2,1H3/b13-9+,14-10+. The summed E-state index contributed by atoms with van der Waals surface area (Å²) in [6, 6.07) is 13.7. The monoisotopic (exact) mass is 445 g/mol. The molecule has 0 radical (unpaired) electrons. The lowest BCUT2D eigenvalue weighted by atomic mass is 10.0. The van der Waals surface area contributed by atoms with Crippen LogP contribution in [0.3, 0.4) is 0 Å². The average molecular weight is 445 g/mol.